The van der Waals surface area contributed by atoms with Crippen molar-refractivity contribution < 1.29 is 14.3 Å². The van der Waals surface area contributed by atoms with Crippen molar-refractivity contribution in [3.05, 3.63) is 93.3 Å². The molecule has 0 saturated heterocycles. The molecule has 1 N–H and O–H groups in total. The minimum absolute atomic E-state index is 0.178. The van der Waals surface area contributed by atoms with E-state index in [1.807, 2.05) is 48.5 Å². The molecule has 32 heavy (non-hydrogen) atoms. The Bertz CT molecular complexity index is 1310. The first-order chi connectivity index (χ1) is 15.5. The molecule has 4 aromatic rings. The lowest BCUT2D eigenvalue weighted by Crippen LogP contribution is -2.27. The standard InChI is InChI=1S/C24H21N3O4S/c1-16-20-22(32-21(16)24(30)31-13-12-17-8-4-2-5-9-17)25-15-27(23(20)29)14-19(28)26-18-10-6-3-7-11-18/h2-11,15H,12-14H2,1H3,(H,26,28). The third kappa shape index (κ3) is 4.76. The predicted octanol–water partition coefficient (Wildman–Crippen LogP) is 3.80. The number of thiophene rings is 1. The van der Waals surface area contributed by atoms with Gasteiger partial charge >= 0.3 is 5.97 Å². The number of anilines is 1. The topological polar surface area (TPSA) is 90.3 Å². The number of nitrogens with zero attached hydrogens (tertiary/aromatic N) is 2. The van der Waals surface area contributed by atoms with Crippen molar-refractivity contribution in [2.45, 2.75) is 19.9 Å². The van der Waals surface area contributed by atoms with Gasteiger partial charge in [0, 0.05) is 12.1 Å². The van der Waals surface area contributed by atoms with E-state index < -0.39 is 5.97 Å². The number of carbonyl (C=O) groups is 2. The zero-order valence-corrected chi connectivity index (χ0v) is 18.2. The van der Waals surface area contributed by atoms with Gasteiger partial charge in [-0.15, -0.1) is 11.3 Å². The van der Waals surface area contributed by atoms with E-state index in [9.17, 15) is 14.4 Å². The number of hydrogen-bond donors (Lipinski definition) is 1. The minimum Gasteiger partial charge on any atom is -0.461 e. The molecular formula is C24H21N3O4S. The number of ether oxygens (including phenoxy) is 1. The van der Waals surface area contributed by atoms with Crippen LogP contribution in [0.5, 0.6) is 0 Å². The van der Waals surface area contributed by atoms with Crippen LogP contribution < -0.4 is 10.9 Å². The molecule has 2 aromatic heterocycles. The lowest BCUT2D eigenvalue weighted by molar-refractivity contribution is -0.116. The number of aryl methyl sites for hydroxylation is 1. The zero-order chi connectivity index (χ0) is 22.5. The van der Waals surface area contributed by atoms with Gasteiger partial charge in [0.15, 0.2) is 0 Å². The smallest absolute Gasteiger partial charge is 0.348 e. The number of hydrogen-bond acceptors (Lipinski definition) is 6. The molecule has 0 radical (unpaired) electrons. The highest BCUT2D eigenvalue weighted by Crippen LogP contribution is 2.27. The van der Waals surface area contributed by atoms with Gasteiger partial charge in [0.2, 0.25) is 5.91 Å². The van der Waals surface area contributed by atoms with E-state index in [0.717, 1.165) is 16.9 Å². The largest absolute Gasteiger partial charge is 0.461 e. The summed E-state index contributed by atoms with van der Waals surface area (Å²) < 4.78 is 6.66. The van der Waals surface area contributed by atoms with E-state index in [2.05, 4.69) is 10.3 Å². The van der Waals surface area contributed by atoms with Gasteiger partial charge < -0.3 is 10.1 Å². The molecule has 162 valence electrons. The van der Waals surface area contributed by atoms with Crippen molar-refractivity contribution in [2.24, 2.45) is 0 Å². The molecule has 7 nitrogen and oxygen atoms in total. The number of nitrogens with one attached hydrogen (secondary N) is 1. The van der Waals surface area contributed by atoms with Crippen molar-refractivity contribution in [1.82, 2.24) is 9.55 Å². The Balaban J connectivity index is 1.48. The molecule has 1 amide bonds. The van der Waals surface area contributed by atoms with Crippen molar-refractivity contribution in [3.63, 3.8) is 0 Å². The average molecular weight is 448 g/mol. The number of amides is 1. The molecule has 0 aliphatic heterocycles. The molecule has 0 spiro atoms. The summed E-state index contributed by atoms with van der Waals surface area (Å²) in [5.74, 6) is -0.818. The van der Waals surface area contributed by atoms with Crippen LogP contribution in [0.1, 0.15) is 20.8 Å². The number of benzene rings is 2. The third-order valence-corrected chi connectivity index (χ3v) is 6.12. The van der Waals surface area contributed by atoms with E-state index in [0.29, 0.717) is 32.8 Å². The lowest BCUT2D eigenvalue weighted by Gasteiger charge is -2.07. The first kappa shape index (κ1) is 21.5. The molecular weight excluding hydrogens is 426 g/mol. The second-order valence-electron chi connectivity index (χ2n) is 7.20. The van der Waals surface area contributed by atoms with E-state index in [1.165, 1.54) is 10.9 Å². The number of aromatic nitrogens is 2. The maximum Gasteiger partial charge on any atom is 0.348 e. The summed E-state index contributed by atoms with van der Waals surface area (Å²) in [5.41, 5.74) is 1.87. The maximum atomic E-state index is 13.0. The van der Waals surface area contributed by atoms with Crippen molar-refractivity contribution in [1.29, 1.82) is 0 Å². The van der Waals surface area contributed by atoms with Crippen LogP contribution in [0.25, 0.3) is 10.2 Å². The number of fused-ring (bicyclic) bond motifs is 1. The zero-order valence-electron chi connectivity index (χ0n) is 17.4. The molecule has 0 bridgehead atoms. The lowest BCUT2D eigenvalue weighted by atomic mass is 10.2. The Labute approximate surface area is 188 Å². The molecule has 0 aliphatic carbocycles. The van der Waals surface area contributed by atoms with Gasteiger partial charge in [-0.1, -0.05) is 48.5 Å². The van der Waals surface area contributed by atoms with Crippen molar-refractivity contribution >= 4 is 39.1 Å². The number of carbonyl (C=O) groups excluding carboxylic acids is 2. The van der Waals surface area contributed by atoms with Crippen LogP contribution in [0.3, 0.4) is 0 Å². The highest BCUT2D eigenvalue weighted by Gasteiger charge is 2.21. The summed E-state index contributed by atoms with van der Waals surface area (Å²) in [6.45, 7) is 1.76. The SMILES string of the molecule is Cc1c(C(=O)OCCc2ccccc2)sc2ncn(CC(=O)Nc3ccccc3)c(=O)c12. The second kappa shape index (κ2) is 9.57. The fourth-order valence-electron chi connectivity index (χ4n) is 3.32. The van der Waals surface area contributed by atoms with Crippen LogP contribution in [-0.2, 0) is 22.5 Å². The monoisotopic (exact) mass is 447 g/mol. The second-order valence-corrected chi connectivity index (χ2v) is 8.20. The van der Waals surface area contributed by atoms with Crippen LogP contribution in [0.15, 0.2) is 71.8 Å². The van der Waals surface area contributed by atoms with Crippen molar-refractivity contribution in [2.75, 3.05) is 11.9 Å². The quantitative estimate of drug-likeness (QED) is 0.435. The fraction of sp³-hybridized carbons (Fsp3) is 0.167. The van der Waals surface area contributed by atoms with E-state index in [1.54, 1.807) is 19.1 Å². The van der Waals surface area contributed by atoms with E-state index in [4.69, 9.17) is 4.74 Å². The number of rotatable bonds is 7. The maximum absolute atomic E-state index is 13.0. The molecule has 8 heteroatoms. The highest BCUT2D eigenvalue weighted by atomic mass is 32.1. The van der Waals surface area contributed by atoms with E-state index in [-0.39, 0.29) is 24.6 Å². The van der Waals surface area contributed by atoms with Gasteiger partial charge in [-0.2, -0.15) is 0 Å². The summed E-state index contributed by atoms with van der Waals surface area (Å²) in [4.78, 5) is 43.0. The molecule has 0 saturated carbocycles. The Kier molecular flexibility index (Phi) is 6.42. The Hall–Kier alpha value is -3.78. The first-order valence-electron chi connectivity index (χ1n) is 10.1. The molecule has 2 aromatic carbocycles. The summed E-state index contributed by atoms with van der Waals surface area (Å²) in [5, 5.41) is 3.08. The fourth-order valence-corrected chi connectivity index (χ4v) is 4.35. The van der Waals surface area contributed by atoms with Gasteiger partial charge in [-0.05, 0) is 30.2 Å². The van der Waals surface area contributed by atoms with Gasteiger partial charge in [0.25, 0.3) is 5.56 Å². The van der Waals surface area contributed by atoms with Crippen LogP contribution in [-0.4, -0.2) is 28.0 Å². The summed E-state index contributed by atoms with van der Waals surface area (Å²) in [6.07, 6.45) is 1.94. The molecule has 0 fully saturated rings. The average Bonchev–Trinajstić information content (AvgIpc) is 3.14. The van der Waals surface area contributed by atoms with Crippen LogP contribution in [0, 0.1) is 6.92 Å². The highest BCUT2D eigenvalue weighted by molar-refractivity contribution is 7.20. The van der Waals surface area contributed by atoms with Gasteiger partial charge in [0.05, 0.1) is 18.3 Å². The Morgan fingerprint density at radius 2 is 1.75 bits per heavy atom. The summed E-state index contributed by atoms with van der Waals surface area (Å²) >= 11 is 1.12. The molecule has 4 rings (SSSR count). The van der Waals surface area contributed by atoms with Crippen LogP contribution >= 0.6 is 11.3 Å². The number of esters is 1. The molecule has 0 aliphatic rings. The summed E-state index contributed by atoms with van der Waals surface area (Å²) in [7, 11) is 0. The first-order valence-corrected chi connectivity index (χ1v) is 10.9. The minimum atomic E-state index is -0.478. The van der Waals surface area contributed by atoms with Gasteiger partial charge in [-0.3, -0.25) is 14.2 Å². The Morgan fingerprint density at radius 3 is 2.47 bits per heavy atom. The molecule has 0 unspecified atom stereocenters. The van der Waals surface area contributed by atoms with Crippen LogP contribution in [0.4, 0.5) is 5.69 Å². The van der Waals surface area contributed by atoms with E-state index >= 15 is 0 Å². The summed E-state index contributed by atoms with van der Waals surface area (Å²) in [6, 6.07) is 18.7. The number of para-hydroxylation sites is 1. The van der Waals surface area contributed by atoms with Crippen molar-refractivity contribution in [3.8, 4) is 0 Å². The van der Waals surface area contributed by atoms with Gasteiger partial charge in [-0.25, -0.2) is 9.78 Å². The Morgan fingerprint density at radius 1 is 1.06 bits per heavy atom. The molecule has 2 heterocycles. The normalized spacial score (nSPS) is 10.8. The van der Waals surface area contributed by atoms with Gasteiger partial charge in [0.1, 0.15) is 16.3 Å². The molecule has 0 atom stereocenters. The third-order valence-electron chi connectivity index (χ3n) is 4.94. The predicted molar refractivity (Wildman–Crippen MR) is 124 cm³/mol. The van der Waals surface area contributed by atoms with Crippen LogP contribution in [0.2, 0.25) is 0 Å².